The molecular weight excluding hydrogens is 336 g/mol. The highest BCUT2D eigenvalue weighted by Gasteiger charge is 2.64. The Morgan fingerprint density at radius 1 is 1.15 bits per heavy atom. The number of para-hydroxylation sites is 1. The van der Waals surface area contributed by atoms with Crippen LogP contribution in [0.2, 0.25) is 0 Å². The van der Waals surface area contributed by atoms with Crippen molar-refractivity contribution in [2.24, 2.45) is 5.92 Å². The van der Waals surface area contributed by atoms with Crippen molar-refractivity contribution in [3.8, 4) is 11.5 Å². The normalized spacial score (nSPS) is 32.0. The van der Waals surface area contributed by atoms with Gasteiger partial charge >= 0.3 is 0 Å². The molecule has 0 saturated carbocycles. The van der Waals surface area contributed by atoms with Gasteiger partial charge in [0.15, 0.2) is 11.5 Å². The molecule has 136 valence electrons. The molecule has 4 nitrogen and oxygen atoms in total. The van der Waals surface area contributed by atoms with Crippen LogP contribution in [0.4, 0.5) is 0 Å². The number of aromatic amines is 1. The first-order valence-electron chi connectivity index (χ1n) is 10.0. The molecule has 27 heavy (non-hydrogen) atoms. The molecule has 0 radical (unpaired) electrons. The van der Waals surface area contributed by atoms with Crippen LogP contribution in [0.15, 0.2) is 36.4 Å². The Balaban J connectivity index is 1.57. The van der Waals surface area contributed by atoms with Crippen molar-refractivity contribution in [1.29, 1.82) is 0 Å². The van der Waals surface area contributed by atoms with Crippen LogP contribution in [0.1, 0.15) is 34.9 Å². The zero-order valence-electron chi connectivity index (χ0n) is 15.3. The topological polar surface area (TPSA) is 46.3 Å². The molecule has 3 aromatic rings. The first kappa shape index (κ1) is 14.6. The summed E-state index contributed by atoms with van der Waals surface area (Å²) in [4.78, 5) is 3.74. The van der Waals surface area contributed by atoms with Gasteiger partial charge in [0.05, 0.1) is 12.8 Å². The minimum absolute atomic E-state index is 0.0635. The molecular formula is C23H22N2O2. The highest BCUT2D eigenvalue weighted by atomic mass is 16.5. The SMILES string of the molecule is COc1ccc2c3c1O[C@H]1c4[nH]c5ccccc5c4C[C@H]4[C@H](C2)NCC[C@]314. The van der Waals surface area contributed by atoms with E-state index in [1.807, 2.05) is 0 Å². The lowest BCUT2D eigenvalue weighted by atomic mass is 9.52. The van der Waals surface area contributed by atoms with E-state index in [1.54, 1.807) is 7.11 Å². The molecule has 4 atom stereocenters. The van der Waals surface area contributed by atoms with Gasteiger partial charge < -0.3 is 19.8 Å². The molecule has 2 N–H and O–H groups in total. The van der Waals surface area contributed by atoms with Crippen LogP contribution in [-0.4, -0.2) is 24.7 Å². The average Bonchev–Trinajstić information content (AvgIpc) is 3.22. The van der Waals surface area contributed by atoms with Crippen molar-refractivity contribution >= 4 is 10.9 Å². The Kier molecular flexibility index (Phi) is 2.53. The monoisotopic (exact) mass is 358 g/mol. The van der Waals surface area contributed by atoms with Crippen LogP contribution in [-0.2, 0) is 18.3 Å². The third-order valence-corrected chi connectivity index (χ3v) is 7.66. The number of ether oxygens (including phenoxy) is 2. The van der Waals surface area contributed by atoms with Gasteiger partial charge in [-0.1, -0.05) is 24.3 Å². The molecule has 1 aromatic heterocycles. The van der Waals surface area contributed by atoms with Crippen LogP contribution in [0, 0.1) is 5.92 Å². The fraction of sp³-hybridized carbons (Fsp3) is 0.391. The predicted molar refractivity (Wildman–Crippen MR) is 104 cm³/mol. The highest BCUT2D eigenvalue weighted by Crippen LogP contribution is 2.66. The van der Waals surface area contributed by atoms with E-state index in [4.69, 9.17) is 9.47 Å². The standard InChI is InChI=1S/C23H22N2O2/c1-26-18-7-6-12-10-17-15-11-14-13-4-2-3-5-16(13)25-20(14)22-23(15,8-9-24-17)19(12)21(18)27-22/h2-7,15,17,22,24-25H,8-11H2,1H3/t15-,17-,22-,23-/m0/s1. The van der Waals surface area contributed by atoms with E-state index in [2.05, 4.69) is 46.7 Å². The van der Waals surface area contributed by atoms with E-state index in [9.17, 15) is 0 Å². The fourth-order valence-electron chi connectivity index (χ4n) is 6.68. The number of hydrogen-bond acceptors (Lipinski definition) is 3. The van der Waals surface area contributed by atoms with Gasteiger partial charge in [-0.2, -0.15) is 0 Å². The molecule has 4 heteroatoms. The average molecular weight is 358 g/mol. The molecule has 2 bridgehead atoms. The van der Waals surface area contributed by atoms with Gasteiger partial charge in [0.1, 0.15) is 6.10 Å². The van der Waals surface area contributed by atoms with Gasteiger partial charge in [-0.3, -0.25) is 0 Å². The van der Waals surface area contributed by atoms with Gasteiger partial charge in [-0.25, -0.2) is 0 Å². The first-order chi connectivity index (χ1) is 13.3. The zero-order valence-corrected chi connectivity index (χ0v) is 15.3. The molecule has 2 aliphatic carbocycles. The molecule has 3 heterocycles. The van der Waals surface area contributed by atoms with Crippen molar-refractivity contribution in [2.45, 2.75) is 36.8 Å². The second kappa shape index (κ2) is 4.68. The van der Waals surface area contributed by atoms with Crippen LogP contribution in [0.3, 0.4) is 0 Å². The van der Waals surface area contributed by atoms with E-state index in [0.717, 1.165) is 37.3 Å². The van der Waals surface area contributed by atoms with Crippen LogP contribution in [0.25, 0.3) is 10.9 Å². The van der Waals surface area contributed by atoms with E-state index >= 15 is 0 Å². The van der Waals surface area contributed by atoms with E-state index in [1.165, 1.54) is 33.3 Å². The first-order valence-corrected chi connectivity index (χ1v) is 10.0. The molecule has 2 aromatic carbocycles. The summed E-state index contributed by atoms with van der Waals surface area (Å²) in [5.41, 5.74) is 6.94. The number of nitrogens with one attached hydrogen (secondary N) is 2. The molecule has 2 aliphatic heterocycles. The molecule has 1 saturated heterocycles. The second-order valence-electron chi connectivity index (χ2n) is 8.56. The lowest BCUT2D eigenvalue weighted by Crippen LogP contribution is -2.61. The Hall–Kier alpha value is -2.46. The zero-order chi connectivity index (χ0) is 17.8. The summed E-state index contributed by atoms with van der Waals surface area (Å²) in [6, 6.07) is 13.6. The minimum Gasteiger partial charge on any atom is -0.493 e. The summed E-state index contributed by atoms with van der Waals surface area (Å²) in [7, 11) is 1.75. The Bertz CT molecular complexity index is 1120. The largest absolute Gasteiger partial charge is 0.493 e. The third kappa shape index (κ3) is 1.53. The summed E-state index contributed by atoms with van der Waals surface area (Å²) in [5.74, 6) is 2.45. The smallest absolute Gasteiger partial charge is 0.166 e. The Morgan fingerprint density at radius 2 is 2.07 bits per heavy atom. The summed E-state index contributed by atoms with van der Waals surface area (Å²) < 4.78 is 12.5. The van der Waals surface area contributed by atoms with Gasteiger partial charge in [-0.15, -0.1) is 0 Å². The van der Waals surface area contributed by atoms with Crippen molar-refractivity contribution in [2.75, 3.05) is 13.7 Å². The maximum atomic E-state index is 6.77. The Morgan fingerprint density at radius 3 is 3.00 bits per heavy atom. The van der Waals surface area contributed by atoms with Crippen molar-refractivity contribution < 1.29 is 9.47 Å². The summed E-state index contributed by atoms with van der Waals surface area (Å²) in [6.45, 7) is 1.06. The van der Waals surface area contributed by atoms with Gasteiger partial charge in [0, 0.05) is 27.9 Å². The summed E-state index contributed by atoms with van der Waals surface area (Å²) in [6.07, 6.45) is 3.40. The molecule has 7 rings (SSSR count). The van der Waals surface area contributed by atoms with E-state index in [0.29, 0.717) is 12.0 Å². The van der Waals surface area contributed by atoms with Crippen LogP contribution in [0.5, 0.6) is 11.5 Å². The maximum absolute atomic E-state index is 6.77. The van der Waals surface area contributed by atoms with E-state index < -0.39 is 0 Å². The molecule has 1 fully saturated rings. The number of H-pyrrole nitrogens is 1. The predicted octanol–water partition coefficient (Wildman–Crippen LogP) is 3.64. The van der Waals surface area contributed by atoms with E-state index in [-0.39, 0.29) is 11.5 Å². The number of piperidine rings is 1. The lowest BCUT2D eigenvalue weighted by molar-refractivity contribution is 0.0261. The van der Waals surface area contributed by atoms with Crippen molar-refractivity contribution in [1.82, 2.24) is 10.3 Å². The minimum atomic E-state index is 0.0635. The van der Waals surface area contributed by atoms with Crippen LogP contribution < -0.4 is 14.8 Å². The number of benzene rings is 2. The maximum Gasteiger partial charge on any atom is 0.166 e. The number of rotatable bonds is 1. The highest BCUT2D eigenvalue weighted by molar-refractivity contribution is 5.86. The quantitative estimate of drug-likeness (QED) is 0.698. The molecule has 4 aliphatic rings. The lowest BCUT2D eigenvalue weighted by Gasteiger charge is -2.54. The van der Waals surface area contributed by atoms with Crippen molar-refractivity contribution in [3.05, 3.63) is 58.8 Å². The number of hydrogen-bond donors (Lipinski definition) is 2. The molecule has 1 spiro atoms. The van der Waals surface area contributed by atoms with Gasteiger partial charge in [-0.05, 0) is 55.0 Å². The second-order valence-corrected chi connectivity index (χ2v) is 8.56. The van der Waals surface area contributed by atoms with Crippen molar-refractivity contribution in [3.63, 3.8) is 0 Å². The Labute approximate surface area is 157 Å². The summed E-state index contributed by atoms with van der Waals surface area (Å²) >= 11 is 0. The summed E-state index contributed by atoms with van der Waals surface area (Å²) in [5, 5.41) is 5.19. The molecule has 0 unspecified atom stereocenters. The fourth-order valence-corrected chi connectivity index (χ4v) is 6.68. The van der Waals surface area contributed by atoms with Gasteiger partial charge in [0.25, 0.3) is 0 Å². The third-order valence-electron chi connectivity index (χ3n) is 7.66. The number of fused-ring (bicyclic) bond motifs is 4. The number of aromatic nitrogens is 1. The number of methoxy groups -OCH3 is 1. The van der Waals surface area contributed by atoms with Crippen LogP contribution >= 0.6 is 0 Å². The van der Waals surface area contributed by atoms with Gasteiger partial charge in [0.2, 0.25) is 0 Å². The molecule has 0 amide bonds.